The quantitative estimate of drug-likeness (QED) is 0.819. The van der Waals surface area contributed by atoms with E-state index in [2.05, 4.69) is 33.8 Å². The highest BCUT2D eigenvalue weighted by molar-refractivity contribution is 6.28. The minimum Gasteiger partial charge on any atom is -0.295 e. The molecule has 1 fully saturated rings. The van der Waals surface area contributed by atoms with E-state index in [0.717, 1.165) is 23.7 Å². The predicted octanol–water partition coefficient (Wildman–Crippen LogP) is 3.96. The molecule has 18 heavy (non-hydrogen) atoms. The molecule has 1 aliphatic carbocycles. The number of rotatable bonds is 2. The topological polar surface area (TPSA) is 30.7 Å². The van der Waals surface area contributed by atoms with Gasteiger partial charge in [0.05, 0.1) is 0 Å². The van der Waals surface area contributed by atoms with Gasteiger partial charge in [-0.1, -0.05) is 37.3 Å². The van der Waals surface area contributed by atoms with Crippen LogP contribution in [0.2, 0.25) is 5.28 Å². The summed E-state index contributed by atoms with van der Waals surface area (Å²) in [7, 11) is 0. The van der Waals surface area contributed by atoms with Crippen molar-refractivity contribution >= 4 is 11.6 Å². The van der Waals surface area contributed by atoms with Crippen molar-refractivity contribution in [2.75, 3.05) is 0 Å². The first-order chi connectivity index (χ1) is 8.75. The molecule has 2 unspecified atom stereocenters. The Morgan fingerprint density at radius 1 is 1.17 bits per heavy atom. The van der Waals surface area contributed by atoms with Crippen LogP contribution in [0.25, 0.3) is 11.4 Å². The van der Waals surface area contributed by atoms with Gasteiger partial charge in [0, 0.05) is 11.6 Å². The van der Waals surface area contributed by atoms with Gasteiger partial charge in [-0.05, 0) is 36.8 Å². The van der Waals surface area contributed by atoms with Crippen molar-refractivity contribution in [2.24, 2.45) is 5.92 Å². The van der Waals surface area contributed by atoms with Gasteiger partial charge < -0.3 is 0 Å². The molecule has 0 aliphatic heterocycles. The summed E-state index contributed by atoms with van der Waals surface area (Å²) in [6, 6.07) is 10.6. The maximum absolute atomic E-state index is 6.21. The van der Waals surface area contributed by atoms with E-state index in [-0.39, 0.29) is 0 Å². The normalized spacial score (nSPS) is 23.4. The predicted molar refractivity (Wildman–Crippen MR) is 72.5 cm³/mol. The van der Waals surface area contributed by atoms with Gasteiger partial charge in [0.2, 0.25) is 5.28 Å². The number of hydrogen-bond donors (Lipinski definition) is 0. The van der Waals surface area contributed by atoms with Gasteiger partial charge >= 0.3 is 0 Å². The second-order valence-electron chi connectivity index (χ2n) is 5.10. The lowest BCUT2D eigenvalue weighted by atomic mass is 10.1. The van der Waals surface area contributed by atoms with E-state index in [1.54, 1.807) is 0 Å². The molecule has 0 radical (unpaired) electrons. The van der Waals surface area contributed by atoms with Crippen LogP contribution in [0.4, 0.5) is 0 Å². The number of halogens is 1. The molecule has 1 aromatic carbocycles. The van der Waals surface area contributed by atoms with Gasteiger partial charge in [0.15, 0.2) is 5.82 Å². The van der Waals surface area contributed by atoms with Crippen molar-refractivity contribution in [3.8, 4) is 11.4 Å². The van der Waals surface area contributed by atoms with Gasteiger partial charge in [0.1, 0.15) is 0 Å². The SMILES string of the molecule is CC1CCC(n2c(Cl)nnc2-c2ccccc2)C1. The zero-order valence-corrected chi connectivity index (χ0v) is 11.1. The molecule has 1 aliphatic rings. The Morgan fingerprint density at radius 3 is 2.61 bits per heavy atom. The molecule has 3 rings (SSSR count). The number of benzene rings is 1. The van der Waals surface area contributed by atoms with Gasteiger partial charge in [-0.15, -0.1) is 10.2 Å². The monoisotopic (exact) mass is 261 g/mol. The molecule has 1 saturated carbocycles. The number of nitrogens with zero attached hydrogens (tertiary/aromatic N) is 3. The van der Waals surface area contributed by atoms with Gasteiger partial charge in [-0.25, -0.2) is 0 Å². The van der Waals surface area contributed by atoms with Crippen LogP contribution in [0.5, 0.6) is 0 Å². The van der Waals surface area contributed by atoms with Crippen molar-refractivity contribution < 1.29 is 0 Å². The van der Waals surface area contributed by atoms with Gasteiger partial charge in [-0.3, -0.25) is 4.57 Å². The molecule has 3 nitrogen and oxygen atoms in total. The van der Waals surface area contributed by atoms with E-state index in [0.29, 0.717) is 11.3 Å². The van der Waals surface area contributed by atoms with Crippen LogP contribution in [0.3, 0.4) is 0 Å². The second kappa shape index (κ2) is 4.73. The summed E-state index contributed by atoms with van der Waals surface area (Å²) in [5, 5.41) is 8.78. The average Bonchev–Trinajstić information content (AvgIpc) is 2.96. The Kier molecular flexibility index (Phi) is 3.08. The molecule has 1 heterocycles. The van der Waals surface area contributed by atoms with E-state index in [1.807, 2.05) is 18.2 Å². The van der Waals surface area contributed by atoms with Crippen LogP contribution in [0.15, 0.2) is 30.3 Å². The Labute approximate surface area is 112 Å². The molecule has 94 valence electrons. The molecule has 2 aromatic rings. The summed E-state index contributed by atoms with van der Waals surface area (Å²) in [5.74, 6) is 1.65. The number of aromatic nitrogens is 3. The Bertz CT molecular complexity index is 535. The summed E-state index contributed by atoms with van der Waals surface area (Å²) in [5.41, 5.74) is 1.08. The summed E-state index contributed by atoms with van der Waals surface area (Å²) in [6.45, 7) is 2.29. The lowest BCUT2D eigenvalue weighted by Crippen LogP contribution is -2.07. The molecule has 1 aromatic heterocycles. The third kappa shape index (κ3) is 2.03. The fourth-order valence-electron chi connectivity index (χ4n) is 2.79. The molecule has 0 N–H and O–H groups in total. The minimum atomic E-state index is 0.442. The maximum atomic E-state index is 6.21. The summed E-state index contributed by atoms with van der Waals surface area (Å²) in [4.78, 5) is 0. The Morgan fingerprint density at radius 2 is 1.94 bits per heavy atom. The first-order valence-electron chi connectivity index (χ1n) is 6.41. The molecule has 4 heteroatoms. The third-order valence-corrected chi connectivity index (χ3v) is 3.98. The Balaban J connectivity index is 2.02. The van der Waals surface area contributed by atoms with Crippen molar-refractivity contribution in [1.29, 1.82) is 0 Å². The van der Waals surface area contributed by atoms with Gasteiger partial charge in [-0.2, -0.15) is 0 Å². The zero-order valence-electron chi connectivity index (χ0n) is 10.4. The van der Waals surface area contributed by atoms with Crippen LogP contribution >= 0.6 is 11.6 Å². The van der Waals surface area contributed by atoms with Crippen LogP contribution in [-0.4, -0.2) is 14.8 Å². The molecular formula is C14H16ClN3. The second-order valence-corrected chi connectivity index (χ2v) is 5.44. The largest absolute Gasteiger partial charge is 0.295 e. The fourth-order valence-corrected chi connectivity index (χ4v) is 3.05. The van der Waals surface area contributed by atoms with Crippen molar-refractivity contribution in [3.63, 3.8) is 0 Å². The van der Waals surface area contributed by atoms with Crippen LogP contribution in [-0.2, 0) is 0 Å². The van der Waals surface area contributed by atoms with E-state index in [4.69, 9.17) is 11.6 Å². The van der Waals surface area contributed by atoms with Crippen molar-refractivity contribution in [3.05, 3.63) is 35.6 Å². The fraction of sp³-hybridized carbons (Fsp3) is 0.429. The highest BCUT2D eigenvalue weighted by Gasteiger charge is 2.27. The van der Waals surface area contributed by atoms with E-state index in [9.17, 15) is 0 Å². The van der Waals surface area contributed by atoms with Crippen LogP contribution in [0, 0.1) is 5.92 Å². The standard InChI is InChI=1S/C14H16ClN3/c1-10-7-8-12(9-10)18-13(16-17-14(18)15)11-5-3-2-4-6-11/h2-6,10,12H,7-9H2,1H3. The number of hydrogen-bond acceptors (Lipinski definition) is 2. The highest BCUT2D eigenvalue weighted by atomic mass is 35.5. The summed E-state index contributed by atoms with van der Waals surface area (Å²) >= 11 is 6.21. The van der Waals surface area contributed by atoms with Crippen molar-refractivity contribution in [1.82, 2.24) is 14.8 Å². The lowest BCUT2D eigenvalue weighted by molar-refractivity contribution is 0.497. The van der Waals surface area contributed by atoms with E-state index < -0.39 is 0 Å². The third-order valence-electron chi connectivity index (χ3n) is 3.72. The molecule has 2 atom stereocenters. The van der Waals surface area contributed by atoms with Crippen LogP contribution in [0.1, 0.15) is 32.2 Å². The van der Waals surface area contributed by atoms with E-state index in [1.165, 1.54) is 12.8 Å². The molecule has 0 bridgehead atoms. The first kappa shape index (κ1) is 11.7. The van der Waals surface area contributed by atoms with Gasteiger partial charge in [0.25, 0.3) is 0 Å². The molecular weight excluding hydrogens is 246 g/mol. The molecule has 0 spiro atoms. The van der Waals surface area contributed by atoms with Crippen LogP contribution < -0.4 is 0 Å². The maximum Gasteiger partial charge on any atom is 0.225 e. The highest BCUT2D eigenvalue weighted by Crippen LogP contribution is 2.38. The smallest absolute Gasteiger partial charge is 0.225 e. The summed E-state index contributed by atoms with van der Waals surface area (Å²) in [6.07, 6.45) is 3.59. The minimum absolute atomic E-state index is 0.442. The van der Waals surface area contributed by atoms with Crippen molar-refractivity contribution in [2.45, 2.75) is 32.2 Å². The average molecular weight is 262 g/mol. The molecule has 0 amide bonds. The van der Waals surface area contributed by atoms with E-state index >= 15 is 0 Å². The first-order valence-corrected chi connectivity index (χ1v) is 6.79. The lowest BCUT2D eigenvalue weighted by Gasteiger charge is -2.15. The molecule has 0 saturated heterocycles. The Hall–Kier alpha value is -1.35. The zero-order chi connectivity index (χ0) is 12.5. The summed E-state index contributed by atoms with van der Waals surface area (Å²) < 4.78 is 2.10.